The number of hydrogen-bond donors (Lipinski definition) is 2. The minimum Gasteiger partial charge on any atom is -0.495 e. The zero-order valence-electron chi connectivity index (χ0n) is 17.0. The number of carbonyl (C=O) groups excluding carboxylic acids is 1. The zero-order valence-corrected chi connectivity index (χ0v) is 17.0. The Balaban J connectivity index is 1.86. The number of ether oxygens (including phenoxy) is 1. The smallest absolute Gasteiger partial charge is 0.221 e. The van der Waals surface area contributed by atoms with Gasteiger partial charge in [-0.05, 0) is 24.1 Å². The molecule has 0 saturated heterocycles. The van der Waals surface area contributed by atoms with E-state index < -0.39 is 0 Å². The summed E-state index contributed by atoms with van der Waals surface area (Å²) in [6.45, 7) is 3.63. The summed E-state index contributed by atoms with van der Waals surface area (Å²) in [5.74, 6) is 1.14. The van der Waals surface area contributed by atoms with Crippen LogP contribution in [0.2, 0.25) is 0 Å². The van der Waals surface area contributed by atoms with Crippen LogP contribution in [0.15, 0.2) is 60.9 Å². The van der Waals surface area contributed by atoms with E-state index in [1.165, 1.54) is 12.5 Å². The second-order valence-corrected chi connectivity index (χ2v) is 6.78. The molecule has 0 fully saturated rings. The third kappa shape index (κ3) is 5.31. The Hall–Kier alpha value is -3.41. The van der Waals surface area contributed by atoms with Gasteiger partial charge in [-0.25, -0.2) is 4.98 Å². The minimum absolute atomic E-state index is 0.148. The van der Waals surface area contributed by atoms with Gasteiger partial charge in [0.15, 0.2) is 0 Å². The van der Waals surface area contributed by atoms with E-state index in [0.717, 1.165) is 29.9 Å². The highest BCUT2D eigenvalue weighted by atomic mass is 16.5. The molecule has 0 saturated carbocycles. The van der Waals surface area contributed by atoms with Crippen LogP contribution in [0.5, 0.6) is 5.75 Å². The van der Waals surface area contributed by atoms with Gasteiger partial charge in [0.05, 0.1) is 36.9 Å². The van der Waals surface area contributed by atoms with Crippen LogP contribution in [-0.4, -0.2) is 23.0 Å². The first-order chi connectivity index (χ1) is 14.1. The van der Waals surface area contributed by atoms with Crippen LogP contribution in [-0.2, 0) is 4.79 Å². The van der Waals surface area contributed by atoms with Crippen molar-refractivity contribution in [2.75, 3.05) is 17.7 Å². The standard InChI is InChI=1S/C23H26N4O2/c1-4-8-19(17-9-6-5-7-10-17)26-23-15-24-14-21(27-23)18-11-12-20(25-16(2)28)22(13-18)29-3/h5-7,9-15,19H,4,8H2,1-3H3,(H,25,28)(H,26,27)/t19-/m0/s1. The molecule has 0 unspecified atom stereocenters. The van der Waals surface area contributed by atoms with Gasteiger partial charge in [0, 0.05) is 12.5 Å². The molecular weight excluding hydrogens is 364 g/mol. The molecule has 150 valence electrons. The molecule has 2 aromatic carbocycles. The van der Waals surface area contributed by atoms with Crippen molar-refractivity contribution in [3.05, 3.63) is 66.5 Å². The summed E-state index contributed by atoms with van der Waals surface area (Å²) >= 11 is 0. The maximum Gasteiger partial charge on any atom is 0.221 e. The maximum absolute atomic E-state index is 11.4. The van der Waals surface area contributed by atoms with Crippen LogP contribution in [0.25, 0.3) is 11.3 Å². The maximum atomic E-state index is 11.4. The first-order valence-electron chi connectivity index (χ1n) is 9.70. The fraction of sp³-hybridized carbons (Fsp3) is 0.261. The highest BCUT2D eigenvalue weighted by Crippen LogP contribution is 2.31. The van der Waals surface area contributed by atoms with Gasteiger partial charge in [0.1, 0.15) is 11.6 Å². The molecule has 29 heavy (non-hydrogen) atoms. The predicted molar refractivity (Wildman–Crippen MR) is 116 cm³/mol. The summed E-state index contributed by atoms with van der Waals surface area (Å²) in [6, 6.07) is 16.1. The van der Waals surface area contributed by atoms with Crippen molar-refractivity contribution in [2.24, 2.45) is 0 Å². The van der Waals surface area contributed by atoms with E-state index in [1.807, 2.05) is 30.3 Å². The van der Waals surface area contributed by atoms with Crippen molar-refractivity contribution < 1.29 is 9.53 Å². The summed E-state index contributed by atoms with van der Waals surface area (Å²) in [6.07, 6.45) is 5.50. The molecule has 0 bridgehead atoms. The zero-order chi connectivity index (χ0) is 20.6. The first kappa shape index (κ1) is 20.3. The van der Waals surface area contributed by atoms with E-state index in [-0.39, 0.29) is 11.9 Å². The number of rotatable bonds is 8. The Bertz CT molecular complexity index is 960. The largest absolute Gasteiger partial charge is 0.495 e. The van der Waals surface area contributed by atoms with Crippen molar-refractivity contribution >= 4 is 17.4 Å². The van der Waals surface area contributed by atoms with Crippen LogP contribution >= 0.6 is 0 Å². The third-order valence-electron chi connectivity index (χ3n) is 4.54. The Morgan fingerprint density at radius 1 is 1.14 bits per heavy atom. The molecule has 0 aliphatic heterocycles. The fourth-order valence-electron chi connectivity index (χ4n) is 3.19. The number of amides is 1. The molecule has 2 N–H and O–H groups in total. The number of nitrogens with zero attached hydrogens (tertiary/aromatic N) is 2. The van der Waals surface area contributed by atoms with Crippen LogP contribution in [0.4, 0.5) is 11.5 Å². The second kappa shape index (κ2) is 9.68. The van der Waals surface area contributed by atoms with E-state index in [4.69, 9.17) is 9.72 Å². The van der Waals surface area contributed by atoms with Crippen LogP contribution in [0.1, 0.15) is 38.3 Å². The van der Waals surface area contributed by atoms with E-state index in [0.29, 0.717) is 11.4 Å². The van der Waals surface area contributed by atoms with Gasteiger partial charge in [-0.2, -0.15) is 0 Å². The SMILES string of the molecule is CCC[C@H](Nc1cncc(-c2ccc(NC(C)=O)c(OC)c2)n1)c1ccccc1. The molecule has 3 rings (SSSR count). The van der Waals surface area contributed by atoms with Gasteiger partial charge in [-0.1, -0.05) is 49.7 Å². The number of hydrogen-bond acceptors (Lipinski definition) is 5. The lowest BCUT2D eigenvalue weighted by Gasteiger charge is -2.19. The van der Waals surface area contributed by atoms with E-state index in [2.05, 4.69) is 34.7 Å². The third-order valence-corrected chi connectivity index (χ3v) is 4.54. The topological polar surface area (TPSA) is 76.1 Å². The molecule has 0 radical (unpaired) electrons. The number of nitrogens with one attached hydrogen (secondary N) is 2. The van der Waals surface area contributed by atoms with Crippen LogP contribution < -0.4 is 15.4 Å². The number of benzene rings is 2. The average Bonchev–Trinajstić information content (AvgIpc) is 2.74. The lowest BCUT2D eigenvalue weighted by Crippen LogP contribution is -2.12. The number of carbonyl (C=O) groups is 1. The normalized spacial score (nSPS) is 11.6. The molecule has 1 atom stereocenters. The van der Waals surface area contributed by atoms with E-state index in [9.17, 15) is 4.79 Å². The molecular formula is C23H26N4O2. The quantitative estimate of drug-likeness (QED) is 0.562. The van der Waals surface area contributed by atoms with Gasteiger partial charge in [0.2, 0.25) is 5.91 Å². The fourth-order valence-corrected chi connectivity index (χ4v) is 3.19. The summed E-state index contributed by atoms with van der Waals surface area (Å²) in [7, 11) is 1.57. The molecule has 3 aromatic rings. The van der Waals surface area contributed by atoms with Gasteiger partial charge in [-0.15, -0.1) is 0 Å². The first-order valence-corrected chi connectivity index (χ1v) is 9.70. The average molecular weight is 390 g/mol. The number of anilines is 2. The van der Waals surface area contributed by atoms with E-state index in [1.54, 1.807) is 25.6 Å². The Morgan fingerprint density at radius 3 is 2.62 bits per heavy atom. The van der Waals surface area contributed by atoms with Gasteiger partial charge in [-0.3, -0.25) is 9.78 Å². The number of aromatic nitrogens is 2. The van der Waals surface area contributed by atoms with Gasteiger partial charge in [0.25, 0.3) is 0 Å². The minimum atomic E-state index is -0.148. The molecule has 1 aromatic heterocycles. The Labute approximate surface area is 171 Å². The Morgan fingerprint density at radius 2 is 1.93 bits per heavy atom. The summed E-state index contributed by atoms with van der Waals surface area (Å²) < 4.78 is 5.41. The molecule has 0 aliphatic carbocycles. The highest BCUT2D eigenvalue weighted by molar-refractivity contribution is 5.91. The summed E-state index contributed by atoms with van der Waals surface area (Å²) in [4.78, 5) is 20.5. The van der Waals surface area contributed by atoms with Crippen LogP contribution in [0, 0.1) is 0 Å². The van der Waals surface area contributed by atoms with Crippen molar-refractivity contribution in [2.45, 2.75) is 32.7 Å². The molecule has 6 heteroatoms. The molecule has 6 nitrogen and oxygen atoms in total. The monoisotopic (exact) mass is 390 g/mol. The molecule has 0 aliphatic rings. The van der Waals surface area contributed by atoms with E-state index >= 15 is 0 Å². The van der Waals surface area contributed by atoms with Crippen LogP contribution in [0.3, 0.4) is 0 Å². The number of methoxy groups -OCH3 is 1. The van der Waals surface area contributed by atoms with Gasteiger partial charge < -0.3 is 15.4 Å². The molecule has 0 spiro atoms. The van der Waals surface area contributed by atoms with Crippen molar-refractivity contribution in [1.82, 2.24) is 9.97 Å². The second-order valence-electron chi connectivity index (χ2n) is 6.78. The lowest BCUT2D eigenvalue weighted by molar-refractivity contribution is -0.114. The summed E-state index contributed by atoms with van der Waals surface area (Å²) in [5, 5.41) is 6.27. The van der Waals surface area contributed by atoms with Crippen molar-refractivity contribution in [3.8, 4) is 17.0 Å². The molecule has 1 amide bonds. The molecule has 1 heterocycles. The van der Waals surface area contributed by atoms with Crippen molar-refractivity contribution in [3.63, 3.8) is 0 Å². The predicted octanol–water partition coefficient (Wildman–Crippen LogP) is 5.06. The van der Waals surface area contributed by atoms with Gasteiger partial charge >= 0.3 is 0 Å². The summed E-state index contributed by atoms with van der Waals surface area (Å²) in [5.41, 5.74) is 3.44. The lowest BCUT2D eigenvalue weighted by atomic mass is 10.0. The van der Waals surface area contributed by atoms with Crippen molar-refractivity contribution in [1.29, 1.82) is 0 Å². The Kier molecular flexibility index (Phi) is 6.79. The highest BCUT2D eigenvalue weighted by Gasteiger charge is 2.13.